The maximum absolute atomic E-state index is 11.6. The van der Waals surface area contributed by atoms with Gasteiger partial charge in [0.2, 0.25) is 5.91 Å². The number of benzene rings is 2. The number of hydrogen-bond acceptors (Lipinski definition) is 7. The van der Waals surface area contributed by atoms with Gasteiger partial charge in [0.05, 0.1) is 44.4 Å². The third-order valence-electron chi connectivity index (χ3n) is 6.52. The van der Waals surface area contributed by atoms with E-state index in [0.717, 1.165) is 11.1 Å². The fraction of sp³-hybridized carbons (Fsp3) is 0.333. The van der Waals surface area contributed by atoms with Gasteiger partial charge in [0.15, 0.2) is 17.0 Å². The molecule has 2 N–H and O–H groups in total. The fourth-order valence-corrected chi connectivity index (χ4v) is 4.75. The zero-order valence-corrected chi connectivity index (χ0v) is 20.0. The van der Waals surface area contributed by atoms with Crippen molar-refractivity contribution < 1.29 is 19.4 Å². The molecule has 9 nitrogen and oxygen atoms in total. The Kier molecular flexibility index (Phi) is 7.31. The van der Waals surface area contributed by atoms with E-state index in [1.807, 2.05) is 65.2 Å². The summed E-state index contributed by atoms with van der Waals surface area (Å²) in [6, 6.07) is 19.6. The van der Waals surface area contributed by atoms with Crippen LogP contribution in [-0.4, -0.2) is 49.3 Å². The maximum Gasteiger partial charge on any atom is 0.222 e. The van der Waals surface area contributed by atoms with Gasteiger partial charge in [-0.3, -0.25) is 4.79 Å². The summed E-state index contributed by atoms with van der Waals surface area (Å²) in [5.74, 6) is -0.134. The van der Waals surface area contributed by atoms with Crippen LogP contribution < -0.4 is 5.32 Å². The Hall–Kier alpha value is -3.66. The van der Waals surface area contributed by atoms with Crippen molar-refractivity contribution in [3.8, 4) is 0 Å². The number of aromatic nitrogens is 4. The first-order valence-electron chi connectivity index (χ1n) is 12.0. The SMILES string of the molecule is CC(=O)Nc1ncnc2c1ncn2C1CC(OCc2ccccc2)C(COCc2ccccc2)C1O. The van der Waals surface area contributed by atoms with E-state index in [1.165, 1.54) is 13.3 Å². The number of fused-ring (bicyclic) bond motifs is 1. The van der Waals surface area contributed by atoms with Crippen LogP contribution in [0.5, 0.6) is 0 Å². The van der Waals surface area contributed by atoms with Crippen molar-refractivity contribution in [2.45, 2.75) is 44.8 Å². The number of hydrogen-bond donors (Lipinski definition) is 2. The van der Waals surface area contributed by atoms with Crippen LogP contribution in [0.2, 0.25) is 0 Å². The predicted octanol–water partition coefficient (Wildman–Crippen LogP) is 3.51. The largest absolute Gasteiger partial charge is 0.390 e. The third-order valence-corrected chi connectivity index (χ3v) is 6.52. The lowest BCUT2D eigenvalue weighted by molar-refractivity contribution is -0.114. The number of carbonyl (C=O) groups is 1. The van der Waals surface area contributed by atoms with E-state index < -0.39 is 6.10 Å². The Morgan fingerprint density at radius 1 is 1.03 bits per heavy atom. The van der Waals surface area contributed by atoms with Gasteiger partial charge in [0.1, 0.15) is 6.33 Å². The van der Waals surface area contributed by atoms with Crippen molar-refractivity contribution in [3.63, 3.8) is 0 Å². The number of aliphatic hydroxyl groups is 1. The van der Waals surface area contributed by atoms with E-state index in [0.29, 0.717) is 43.2 Å². The van der Waals surface area contributed by atoms with E-state index in [1.54, 1.807) is 6.33 Å². The fourth-order valence-electron chi connectivity index (χ4n) is 4.75. The van der Waals surface area contributed by atoms with E-state index in [4.69, 9.17) is 9.47 Å². The standard InChI is InChI=1S/C27H29N5O4/c1-18(33)31-26-24-27(29-16-28-26)32(17-30-24)22-12-23(36-14-20-10-6-3-7-11-20)21(25(22)34)15-35-13-19-8-4-2-5-9-19/h2-11,16-17,21-23,25,34H,12-15H2,1H3,(H,28,29,31,33). The summed E-state index contributed by atoms with van der Waals surface area (Å²) in [6.07, 6.45) is 2.63. The van der Waals surface area contributed by atoms with Crippen LogP contribution in [0.1, 0.15) is 30.5 Å². The minimum absolute atomic E-state index is 0.227. The number of ether oxygens (including phenoxy) is 2. The lowest BCUT2D eigenvalue weighted by atomic mass is 10.0. The molecule has 0 saturated heterocycles. The molecule has 36 heavy (non-hydrogen) atoms. The molecule has 0 radical (unpaired) electrons. The molecule has 1 saturated carbocycles. The number of anilines is 1. The lowest BCUT2D eigenvalue weighted by Gasteiger charge is -2.23. The van der Waals surface area contributed by atoms with Gasteiger partial charge >= 0.3 is 0 Å². The Balaban J connectivity index is 1.36. The minimum Gasteiger partial charge on any atom is -0.390 e. The average Bonchev–Trinajstić information content (AvgIpc) is 3.45. The second kappa shape index (κ2) is 10.9. The van der Waals surface area contributed by atoms with Gasteiger partial charge in [-0.2, -0.15) is 0 Å². The molecule has 0 aliphatic heterocycles. The summed E-state index contributed by atoms with van der Waals surface area (Å²) in [5, 5.41) is 14.1. The molecule has 5 rings (SSSR count). The Morgan fingerprint density at radius 3 is 2.42 bits per heavy atom. The maximum atomic E-state index is 11.6. The van der Waals surface area contributed by atoms with Gasteiger partial charge in [-0.05, 0) is 17.5 Å². The van der Waals surface area contributed by atoms with E-state index in [9.17, 15) is 9.90 Å². The summed E-state index contributed by atoms with van der Waals surface area (Å²) in [6.45, 7) is 2.67. The molecular formula is C27H29N5O4. The van der Waals surface area contributed by atoms with Crippen molar-refractivity contribution >= 4 is 22.9 Å². The molecule has 0 spiro atoms. The Labute approximate surface area is 209 Å². The molecule has 186 valence electrons. The quantitative estimate of drug-likeness (QED) is 0.372. The first-order valence-corrected chi connectivity index (χ1v) is 12.0. The molecule has 4 unspecified atom stereocenters. The topological polar surface area (TPSA) is 111 Å². The molecule has 1 aliphatic carbocycles. The monoisotopic (exact) mass is 487 g/mol. The highest BCUT2D eigenvalue weighted by Gasteiger charge is 2.44. The van der Waals surface area contributed by atoms with Gasteiger partial charge in [0.25, 0.3) is 0 Å². The highest BCUT2D eigenvalue weighted by molar-refractivity contribution is 5.95. The molecule has 1 fully saturated rings. The number of nitrogens with zero attached hydrogens (tertiary/aromatic N) is 4. The third kappa shape index (κ3) is 5.28. The van der Waals surface area contributed by atoms with Crippen molar-refractivity contribution in [2.75, 3.05) is 11.9 Å². The number of carbonyl (C=O) groups excluding carboxylic acids is 1. The van der Waals surface area contributed by atoms with Gasteiger partial charge < -0.3 is 24.5 Å². The summed E-state index contributed by atoms with van der Waals surface area (Å²) in [7, 11) is 0. The summed E-state index contributed by atoms with van der Waals surface area (Å²) < 4.78 is 14.2. The van der Waals surface area contributed by atoms with Crippen molar-refractivity contribution in [1.82, 2.24) is 19.5 Å². The van der Waals surface area contributed by atoms with Crippen LogP contribution in [0.4, 0.5) is 5.82 Å². The van der Waals surface area contributed by atoms with E-state index in [-0.39, 0.29) is 24.0 Å². The van der Waals surface area contributed by atoms with Crippen molar-refractivity contribution in [1.29, 1.82) is 0 Å². The molecule has 1 aliphatic rings. The van der Waals surface area contributed by atoms with Gasteiger partial charge in [-0.1, -0.05) is 60.7 Å². The predicted molar refractivity (Wildman–Crippen MR) is 134 cm³/mol. The number of amides is 1. The summed E-state index contributed by atoms with van der Waals surface area (Å²) in [4.78, 5) is 24.5. The van der Waals surface area contributed by atoms with Crippen molar-refractivity contribution in [2.24, 2.45) is 5.92 Å². The highest BCUT2D eigenvalue weighted by Crippen LogP contribution is 2.39. The molecule has 2 aromatic carbocycles. The molecule has 4 atom stereocenters. The zero-order valence-electron chi connectivity index (χ0n) is 20.0. The average molecular weight is 488 g/mol. The number of rotatable bonds is 9. The normalized spacial score (nSPS) is 21.6. The van der Waals surface area contributed by atoms with Gasteiger partial charge in [-0.15, -0.1) is 0 Å². The first kappa shape index (κ1) is 24.1. The smallest absolute Gasteiger partial charge is 0.222 e. The second-order valence-electron chi connectivity index (χ2n) is 9.02. The van der Waals surface area contributed by atoms with Crippen molar-refractivity contribution in [3.05, 3.63) is 84.4 Å². The Morgan fingerprint density at radius 2 is 1.72 bits per heavy atom. The molecular weight excluding hydrogens is 458 g/mol. The minimum atomic E-state index is -0.738. The Bertz CT molecular complexity index is 1300. The van der Waals surface area contributed by atoms with Gasteiger partial charge in [-0.25, -0.2) is 15.0 Å². The zero-order chi connectivity index (χ0) is 24.9. The highest BCUT2D eigenvalue weighted by atomic mass is 16.5. The molecule has 2 aromatic heterocycles. The molecule has 9 heteroatoms. The molecule has 2 heterocycles. The molecule has 4 aromatic rings. The molecule has 1 amide bonds. The van der Waals surface area contributed by atoms with Crippen LogP contribution >= 0.6 is 0 Å². The van der Waals surface area contributed by atoms with Crippen LogP contribution in [0, 0.1) is 5.92 Å². The van der Waals surface area contributed by atoms with E-state index >= 15 is 0 Å². The van der Waals surface area contributed by atoms with E-state index in [2.05, 4.69) is 20.3 Å². The lowest BCUT2D eigenvalue weighted by Crippen LogP contribution is -2.31. The second-order valence-corrected chi connectivity index (χ2v) is 9.02. The summed E-state index contributed by atoms with van der Waals surface area (Å²) >= 11 is 0. The van der Waals surface area contributed by atoms with Crippen LogP contribution in [0.15, 0.2) is 73.3 Å². The molecule has 0 bridgehead atoms. The van der Waals surface area contributed by atoms with Crippen LogP contribution in [-0.2, 0) is 27.5 Å². The summed E-state index contributed by atoms with van der Waals surface area (Å²) in [5.41, 5.74) is 3.17. The number of aliphatic hydroxyl groups excluding tert-OH is 1. The number of imidazole rings is 1. The van der Waals surface area contributed by atoms with Gasteiger partial charge in [0, 0.05) is 12.8 Å². The number of nitrogens with one attached hydrogen (secondary N) is 1. The van der Waals surface area contributed by atoms with Crippen LogP contribution in [0.25, 0.3) is 11.2 Å². The van der Waals surface area contributed by atoms with Crippen LogP contribution in [0.3, 0.4) is 0 Å². The first-order chi connectivity index (χ1) is 17.6.